The van der Waals surface area contributed by atoms with Crippen LogP contribution in [0.15, 0.2) is 86.5 Å². The predicted octanol–water partition coefficient (Wildman–Crippen LogP) is 4.75. The van der Waals surface area contributed by atoms with Crippen molar-refractivity contribution in [2.75, 3.05) is 0 Å². The molecule has 0 aliphatic carbocycles. The molecule has 0 spiro atoms. The summed E-state index contributed by atoms with van der Waals surface area (Å²) in [6.07, 6.45) is 2.73. The maximum atomic E-state index is 12.8. The third-order valence-electron chi connectivity index (χ3n) is 4.36. The highest BCUT2D eigenvalue weighted by molar-refractivity contribution is 9.11. The van der Waals surface area contributed by atoms with E-state index >= 15 is 0 Å². The first kappa shape index (κ1) is 24.8. The van der Waals surface area contributed by atoms with Gasteiger partial charge >= 0.3 is 0 Å². The zero-order chi connectivity index (χ0) is 24.7. The molecule has 3 aromatic rings. The van der Waals surface area contributed by atoms with Gasteiger partial charge in [0.05, 0.1) is 20.1 Å². The number of nitro benzene ring substituents is 1. The van der Waals surface area contributed by atoms with Crippen LogP contribution in [0, 0.1) is 10.1 Å². The largest absolute Gasteiger partial charge is 0.506 e. The first-order valence-electron chi connectivity index (χ1n) is 9.58. The molecule has 0 aliphatic rings. The van der Waals surface area contributed by atoms with Gasteiger partial charge in [-0.25, -0.2) is 5.43 Å². The molecule has 0 aromatic heterocycles. The number of halogens is 2. The number of benzene rings is 3. The lowest BCUT2D eigenvalue weighted by Gasteiger charge is -2.09. The average molecular weight is 588 g/mol. The van der Waals surface area contributed by atoms with E-state index in [-0.39, 0.29) is 17.1 Å². The Bertz CT molecular complexity index is 1270. The van der Waals surface area contributed by atoms with Crippen LogP contribution in [0.4, 0.5) is 5.69 Å². The number of phenolic OH excluding ortho intramolecular Hbond substituents is 1. The lowest BCUT2D eigenvalue weighted by atomic mass is 10.1. The fourth-order valence-corrected chi connectivity index (χ4v) is 3.91. The number of carbonyl (C=O) groups excluding carboxylic acids is 2. The number of phenols is 1. The topological polar surface area (TPSA) is 134 Å². The van der Waals surface area contributed by atoms with Crippen LogP contribution in [0.3, 0.4) is 0 Å². The average Bonchev–Trinajstić information content (AvgIpc) is 2.82. The monoisotopic (exact) mass is 586 g/mol. The van der Waals surface area contributed by atoms with Crippen molar-refractivity contribution in [3.05, 3.63) is 108 Å². The van der Waals surface area contributed by atoms with E-state index in [1.165, 1.54) is 36.6 Å². The Morgan fingerprint density at radius 3 is 2.18 bits per heavy atom. The summed E-state index contributed by atoms with van der Waals surface area (Å²) in [4.78, 5) is 35.7. The molecular weight excluding hydrogens is 572 g/mol. The minimum Gasteiger partial charge on any atom is -0.506 e. The van der Waals surface area contributed by atoms with Crippen LogP contribution in [0.5, 0.6) is 5.75 Å². The Labute approximate surface area is 210 Å². The van der Waals surface area contributed by atoms with Crippen molar-refractivity contribution in [2.24, 2.45) is 5.10 Å². The van der Waals surface area contributed by atoms with Crippen molar-refractivity contribution in [1.82, 2.24) is 10.7 Å². The molecule has 3 N–H and O–H groups in total. The molecule has 3 aromatic carbocycles. The van der Waals surface area contributed by atoms with E-state index in [1.807, 2.05) is 0 Å². The number of carbonyl (C=O) groups is 2. The van der Waals surface area contributed by atoms with E-state index in [4.69, 9.17) is 0 Å². The summed E-state index contributed by atoms with van der Waals surface area (Å²) in [5.41, 5.74) is 3.49. The second-order valence-electron chi connectivity index (χ2n) is 6.76. The highest BCUT2D eigenvalue weighted by atomic mass is 79.9. The summed E-state index contributed by atoms with van der Waals surface area (Å²) in [6.45, 7) is 0. The number of nitrogens with zero attached hydrogens (tertiary/aromatic N) is 2. The van der Waals surface area contributed by atoms with Gasteiger partial charge in [0.15, 0.2) is 0 Å². The molecule has 0 atom stereocenters. The molecule has 0 unspecified atom stereocenters. The molecular formula is C23H16Br2N4O5. The molecule has 0 aliphatic heterocycles. The molecule has 0 fully saturated rings. The Morgan fingerprint density at radius 1 is 0.971 bits per heavy atom. The number of non-ortho nitro benzene ring substituents is 1. The molecule has 11 heteroatoms. The normalized spacial score (nSPS) is 11.3. The van der Waals surface area contributed by atoms with Crippen LogP contribution in [-0.2, 0) is 4.79 Å². The third-order valence-corrected chi connectivity index (χ3v) is 5.57. The zero-order valence-corrected chi connectivity index (χ0v) is 20.4. The Hall–Kier alpha value is -3.83. The molecule has 2 amide bonds. The number of hydrogen-bond donors (Lipinski definition) is 3. The molecule has 34 heavy (non-hydrogen) atoms. The molecule has 172 valence electrons. The van der Waals surface area contributed by atoms with E-state index in [0.29, 0.717) is 25.6 Å². The summed E-state index contributed by atoms with van der Waals surface area (Å²) >= 11 is 6.43. The van der Waals surface area contributed by atoms with E-state index in [0.717, 1.165) is 0 Å². The molecule has 3 rings (SSSR count). The Balaban J connectivity index is 1.83. The fraction of sp³-hybridized carbons (Fsp3) is 0. The van der Waals surface area contributed by atoms with Gasteiger partial charge in [-0.15, -0.1) is 0 Å². The predicted molar refractivity (Wildman–Crippen MR) is 134 cm³/mol. The maximum absolute atomic E-state index is 12.8. The lowest BCUT2D eigenvalue weighted by molar-refractivity contribution is -0.384. The van der Waals surface area contributed by atoms with E-state index in [1.54, 1.807) is 42.5 Å². The summed E-state index contributed by atoms with van der Waals surface area (Å²) in [7, 11) is 0. The van der Waals surface area contributed by atoms with Gasteiger partial charge < -0.3 is 10.4 Å². The first-order chi connectivity index (χ1) is 16.2. The maximum Gasteiger partial charge on any atom is 0.287 e. The number of rotatable bonds is 7. The summed E-state index contributed by atoms with van der Waals surface area (Å²) in [5, 5.41) is 27.1. The zero-order valence-electron chi connectivity index (χ0n) is 17.2. The van der Waals surface area contributed by atoms with E-state index in [2.05, 4.69) is 47.7 Å². The van der Waals surface area contributed by atoms with Crippen molar-refractivity contribution in [3.63, 3.8) is 0 Å². The van der Waals surface area contributed by atoms with Crippen molar-refractivity contribution in [1.29, 1.82) is 0 Å². The fourth-order valence-electron chi connectivity index (χ4n) is 2.69. The second-order valence-corrected chi connectivity index (χ2v) is 8.47. The van der Waals surface area contributed by atoms with Gasteiger partial charge in [0.25, 0.3) is 17.5 Å². The van der Waals surface area contributed by atoms with Gasteiger partial charge in [0, 0.05) is 17.7 Å². The molecule has 0 radical (unpaired) electrons. The quantitative estimate of drug-likeness (QED) is 0.159. The second kappa shape index (κ2) is 11.3. The summed E-state index contributed by atoms with van der Waals surface area (Å²) in [5.74, 6) is -1.20. The van der Waals surface area contributed by atoms with Gasteiger partial charge in [-0.2, -0.15) is 5.10 Å². The third kappa shape index (κ3) is 6.59. The van der Waals surface area contributed by atoms with Gasteiger partial charge in [-0.3, -0.25) is 19.7 Å². The van der Waals surface area contributed by atoms with E-state index in [9.17, 15) is 24.8 Å². The van der Waals surface area contributed by atoms with Crippen LogP contribution in [0.25, 0.3) is 6.08 Å². The van der Waals surface area contributed by atoms with Gasteiger partial charge in [0.2, 0.25) is 0 Å². The van der Waals surface area contributed by atoms with Crippen LogP contribution < -0.4 is 10.7 Å². The first-order valence-corrected chi connectivity index (χ1v) is 11.2. The van der Waals surface area contributed by atoms with Crippen LogP contribution >= 0.6 is 31.9 Å². The van der Waals surface area contributed by atoms with Crippen LogP contribution in [-0.4, -0.2) is 28.1 Å². The van der Waals surface area contributed by atoms with Crippen molar-refractivity contribution in [3.8, 4) is 5.75 Å². The van der Waals surface area contributed by atoms with Gasteiger partial charge in [-0.05, 0) is 85.5 Å². The number of nitrogens with one attached hydrogen (secondary N) is 2. The number of nitro groups is 1. The molecule has 9 nitrogen and oxygen atoms in total. The standard InChI is InChI=1S/C23H16Br2N4O5/c24-18-10-15(11-19(25)21(18)30)13-26-28-23(32)20(27-22(31)16-4-2-1-3-5-16)12-14-6-8-17(9-7-14)29(33)34/h1-13,30H,(H,27,31)(H,28,32)/b20-12-,26-13?. The SMILES string of the molecule is O=C(NN=Cc1cc(Br)c(O)c(Br)c1)/C(=C/c1ccc([N+](=O)[O-])cc1)NC(=O)c1ccccc1. The van der Waals surface area contributed by atoms with Crippen molar-refractivity contribution < 1.29 is 19.6 Å². The van der Waals surface area contributed by atoms with Gasteiger partial charge in [0.1, 0.15) is 11.4 Å². The number of hydrazone groups is 1. The summed E-state index contributed by atoms with van der Waals surface area (Å²) in [6, 6.07) is 17.0. The van der Waals surface area contributed by atoms with Crippen molar-refractivity contribution in [2.45, 2.75) is 0 Å². The highest BCUT2D eigenvalue weighted by Crippen LogP contribution is 2.32. The Kier molecular flexibility index (Phi) is 8.28. The number of aromatic hydroxyl groups is 1. The molecule has 0 bridgehead atoms. The van der Waals surface area contributed by atoms with Crippen molar-refractivity contribution >= 4 is 61.7 Å². The number of hydrogen-bond acceptors (Lipinski definition) is 6. The number of amides is 2. The molecule has 0 saturated carbocycles. The summed E-state index contributed by atoms with van der Waals surface area (Å²) < 4.78 is 0.868. The molecule has 0 heterocycles. The smallest absolute Gasteiger partial charge is 0.287 e. The minimum absolute atomic E-state index is 0.0260. The minimum atomic E-state index is -0.712. The Morgan fingerprint density at radius 2 is 1.59 bits per heavy atom. The van der Waals surface area contributed by atoms with Crippen LogP contribution in [0.2, 0.25) is 0 Å². The highest BCUT2D eigenvalue weighted by Gasteiger charge is 2.15. The van der Waals surface area contributed by atoms with E-state index < -0.39 is 16.7 Å². The van der Waals surface area contributed by atoms with Crippen LogP contribution in [0.1, 0.15) is 21.5 Å². The lowest BCUT2D eigenvalue weighted by Crippen LogP contribution is -2.32. The van der Waals surface area contributed by atoms with Gasteiger partial charge in [-0.1, -0.05) is 18.2 Å². The molecule has 0 saturated heterocycles.